The van der Waals surface area contributed by atoms with Crippen molar-refractivity contribution in [3.05, 3.63) is 57.5 Å². The van der Waals surface area contributed by atoms with Crippen LogP contribution in [-0.4, -0.2) is 16.5 Å². The second-order valence-electron chi connectivity index (χ2n) is 4.80. The molecule has 0 bridgehead atoms. The highest BCUT2D eigenvalue weighted by Crippen LogP contribution is 2.26. The van der Waals surface area contributed by atoms with E-state index in [1.165, 1.54) is 4.88 Å². The Morgan fingerprint density at radius 3 is 2.71 bits per heavy atom. The lowest BCUT2D eigenvalue weighted by molar-refractivity contribution is 0.540. The number of nitrogens with one attached hydrogen (secondary N) is 1. The summed E-state index contributed by atoms with van der Waals surface area (Å²) in [4.78, 5) is 10.5. The number of fused-ring (bicyclic) bond motifs is 1. The van der Waals surface area contributed by atoms with Crippen LogP contribution in [0.3, 0.4) is 0 Å². The van der Waals surface area contributed by atoms with Crippen LogP contribution in [0.4, 0.5) is 0 Å². The summed E-state index contributed by atoms with van der Waals surface area (Å²) in [5.41, 5.74) is 2.83. The van der Waals surface area contributed by atoms with Gasteiger partial charge in [0.15, 0.2) is 0 Å². The van der Waals surface area contributed by atoms with Crippen molar-refractivity contribution in [2.75, 3.05) is 6.54 Å². The van der Waals surface area contributed by atoms with Gasteiger partial charge in [-0.1, -0.05) is 30.7 Å². The molecule has 3 aromatic rings. The summed E-state index contributed by atoms with van der Waals surface area (Å²) in [6.45, 7) is 2.99. The molecule has 1 N–H and O–H groups in total. The highest BCUT2D eigenvalue weighted by molar-refractivity contribution is 7.16. The summed E-state index contributed by atoms with van der Waals surface area (Å²) >= 11 is 7.63. The number of aromatic nitrogens is 2. The van der Waals surface area contributed by atoms with Gasteiger partial charge in [0.25, 0.3) is 0 Å². The largest absolute Gasteiger partial charge is 0.309 e. The molecule has 108 valence electrons. The van der Waals surface area contributed by atoms with E-state index in [-0.39, 0.29) is 6.04 Å². The minimum Gasteiger partial charge on any atom is -0.309 e. The fraction of sp³-hybridized carbons (Fsp3) is 0.250. The molecule has 3 nitrogen and oxygen atoms in total. The molecule has 0 amide bonds. The van der Waals surface area contributed by atoms with Crippen molar-refractivity contribution in [3.63, 3.8) is 0 Å². The van der Waals surface area contributed by atoms with Crippen LogP contribution in [0.25, 0.3) is 11.0 Å². The fourth-order valence-electron chi connectivity index (χ4n) is 2.33. The predicted molar refractivity (Wildman–Crippen MR) is 89.0 cm³/mol. The van der Waals surface area contributed by atoms with E-state index in [9.17, 15) is 0 Å². The number of likely N-dealkylation sites (N-methyl/N-ethyl adjacent to an activating group) is 1. The number of nitrogens with zero attached hydrogens (tertiary/aromatic N) is 2. The quantitative estimate of drug-likeness (QED) is 0.765. The van der Waals surface area contributed by atoms with Gasteiger partial charge in [-0.3, -0.25) is 4.98 Å². The fourth-order valence-corrected chi connectivity index (χ4v) is 3.46. The van der Waals surface area contributed by atoms with Gasteiger partial charge in [-0.2, -0.15) is 0 Å². The number of para-hydroxylation sites is 2. The minimum absolute atomic E-state index is 0.154. The van der Waals surface area contributed by atoms with Gasteiger partial charge in [-0.25, -0.2) is 4.98 Å². The monoisotopic (exact) mass is 317 g/mol. The minimum atomic E-state index is 0.154. The summed E-state index contributed by atoms with van der Waals surface area (Å²) in [7, 11) is 0. The van der Waals surface area contributed by atoms with Crippen LogP contribution >= 0.6 is 22.9 Å². The van der Waals surface area contributed by atoms with Crippen molar-refractivity contribution in [2.45, 2.75) is 19.4 Å². The molecule has 0 fully saturated rings. The number of hydrogen-bond acceptors (Lipinski definition) is 4. The molecule has 1 aromatic carbocycles. The Bertz CT molecular complexity index is 741. The second-order valence-corrected chi connectivity index (χ2v) is 6.60. The summed E-state index contributed by atoms with van der Waals surface area (Å²) in [5.74, 6) is 0. The van der Waals surface area contributed by atoms with E-state index in [2.05, 4.69) is 23.3 Å². The lowest BCUT2D eigenvalue weighted by Gasteiger charge is -2.16. The first kappa shape index (κ1) is 14.4. The van der Waals surface area contributed by atoms with Gasteiger partial charge in [0.1, 0.15) is 0 Å². The summed E-state index contributed by atoms with van der Waals surface area (Å²) in [6.07, 6.45) is 2.74. The van der Waals surface area contributed by atoms with Crippen LogP contribution in [-0.2, 0) is 6.42 Å². The first-order chi connectivity index (χ1) is 10.3. The average Bonchev–Trinajstić information content (AvgIpc) is 2.91. The summed E-state index contributed by atoms with van der Waals surface area (Å²) in [6, 6.07) is 12.1. The van der Waals surface area contributed by atoms with Crippen LogP contribution in [0.2, 0.25) is 4.34 Å². The molecule has 3 rings (SSSR count). The zero-order valence-electron chi connectivity index (χ0n) is 11.7. The lowest BCUT2D eigenvalue weighted by atomic mass is 10.1. The molecular formula is C16H16ClN3S. The molecule has 1 unspecified atom stereocenters. The van der Waals surface area contributed by atoms with Crippen molar-refractivity contribution in [3.8, 4) is 0 Å². The number of hydrogen-bond donors (Lipinski definition) is 1. The lowest BCUT2D eigenvalue weighted by Crippen LogP contribution is -2.23. The van der Waals surface area contributed by atoms with E-state index >= 15 is 0 Å². The maximum atomic E-state index is 6.02. The highest BCUT2D eigenvalue weighted by Gasteiger charge is 2.15. The maximum absolute atomic E-state index is 6.02. The van der Waals surface area contributed by atoms with Crippen LogP contribution in [0.5, 0.6) is 0 Å². The van der Waals surface area contributed by atoms with Gasteiger partial charge < -0.3 is 5.32 Å². The third-order valence-corrected chi connectivity index (χ3v) is 4.56. The van der Waals surface area contributed by atoms with Crippen molar-refractivity contribution in [2.24, 2.45) is 0 Å². The Morgan fingerprint density at radius 2 is 2.00 bits per heavy atom. The van der Waals surface area contributed by atoms with Gasteiger partial charge in [-0.15, -0.1) is 11.3 Å². The number of thiophene rings is 1. The van der Waals surface area contributed by atoms with Gasteiger partial charge in [0.05, 0.1) is 33.3 Å². The molecule has 2 aromatic heterocycles. The van der Waals surface area contributed by atoms with E-state index in [1.54, 1.807) is 11.3 Å². The number of halogens is 1. The molecule has 2 heterocycles. The molecule has 1 atom stereocenters. The molecule has 0 aliphatic heterocycles. The predicted octanol–water partition coefficient (Wildman–Crippen LogP) is 4.24. The average molecular weight is 318 g/mol. The second kappa shape index (κ2) is 6.52. The SMILES string of the molecule is CCNC(Cc1ccc(Cl)s1)c1cnc2ccccc2n1. The normalized spacial score (nSPS) is 12.7. The molecule has 0 saturated carbocycles. The molecule has 0 radical (unpaired) electrons. The third kappa shape index (κ3) is 3.40. The zero-order valence-corrected chi connectivity index (χ0v) is 13.3. The topological polar surface area (TPSA) is 37.8 Å². The molecule has 0 aliphatic carbocycles. The Kier molecular flexibility index (Phi) is 4.48. The first-order valence-corrected chi connectivity index (χ1v) is 8.15. The zero-order chi connectivity index (χ0) is 14.7. The Labute approximate surface area is 133 Å². The maximum Gasteiger partial charge on any atom is 0.0931 e. The Morgan fingerprint density at radius 1 is 1.19 bits per heavy atom. The standard InChI is InChI=1S/C16H16ClN3S/c1-2-18-14(9-11-7-8-16(17)21-11)15-10-19-12-5-3-4-6-13(12)20-15/h3-8,10,14,18H,2,9H2,1H3. The molecule has 0 aliphatic rings. The van der Waals surface area contributed by atoms with E-state index in [0.717, 1.165) is 34.0 Å². The van der Waals surface area contributed by atoms with Crippen molar-refractivity contribution < 1.29 is 0 Å². The molecule has 21 heavy (non-hydrogen) atoms. The van der Waals surface area contributed by atoms with Gasteiger partial charge in [-0.05, 0) is 30.8 Å². The third-order valence-electron chi connectivity index (χ3n) is 3.31. The van der Waals surface area contributed by atoms with Crippen molar-refractivity contribution in [1.29, 1.82) is 0 Å². The van der Waals surface area contributed by atoms with Crippen LogP contribution < -0.4 is 5.32 Å². The molecule has 5 heteroatoms. The van der Waals surface area contributed by atoms with Gasteiger partial charge >= 0.3 is 0 Å². The number of rotatable bonds is 5. The number of benzene rings is 1. The summed E-state index contributed by atoms with van der Waals surface area (Å²) in [5, 5.41) is 3.48. The Balaban J connectivity index is 1.90. The molecule has 0 saturated heterocycles. The smallest absolute Gasteiger partial charge is 0.0931 e. The highest BCUT2D eigenvalue weighted by atomic mass is 35.5. The Hall–Kier alpha value is -1.49. The van der Waals surface area contributed by atoms with Crippen LogP contribution in [0.1, 0.15) is 23.5 Å². The van der Waals surface area contributed by atoms with Crippen LogP contribution in [0, 0.1) is 0 Å². The van der Waals surface area contributed by atoms with E-state index in [0.29, 0.717) is 0 Å². The van der Waals surface area contributed by atoms with Gasteiger partial charge in [0, 0.05) is 11.3 Å². The molecule has 0 spiro atoms. The van der Waals surface area contributed by atoms with Gasteiger partial charge in [0.2, 0.25) is 0 Å². The van der Waals surface area contributed by atoms with E-state index < -0.39 is 0 Å². The van der Waals surface area contributed by atoms with E-state index in [1.807, 2.05) is 36.5 Å². The van der Waals surface area contributed by atoms with Crippen molar-refractivity contribution >= 4 is 34.0 Å². The molecular weight excluding hydrogens is 302 g/mol. The summed E-state index contributed by atoms with van der Waals surface area (Å²) < 4.78 is 0.824. The van der Waals surface area contributed by atoms with Crippen LogP contribution in [0.15, 0.2) is 42.6 Å². The van der Waals surface area contributed by atoms with Crippen molar-refractivity contribution in [1.82, 2.24) is 15.3 Å². The first-order valence-electron chi connectivity index (χ1n) is 6.95. The van der Waals surface area contributed by atoms with E-state index in [4.69, 9.17) is 16.6 Å².